The Morgan fingerprint density at radius 3 is 2.80 bits per heavy atom. The maximum Gasteiger partial charge on any atom is 0.0695 e. The molecule has 15 heavy (non-hydrogen) atoms. The van der Waals surface area contributed by atoms with Gasteiger partial charge in [-0.25, -0.2) is 0 Å². The minimum atomic E-state index is 0.00621. The lowest BCUT2D eigenvalue weighted by atomic mass is 10.0. The Kier molecular flexibility index (Phi) is 2.72. The van der Waals surface area contributed by atoms with Crippen molar-refractivity contribution in [3.63, 3.8) is 0 Å². The number of aromatic nitrogens is 1. The number of hydrogen-bond donors (Lipinski definition) is 2. The molecule has 1 unspecified atom stereocenters. The Balaban J connectivity index is 2.78. The van der Waals surface area contributed by atoms with E-state index in [-0.39, 0.29) is 6.04 Å². The predicted octanol–water partition coefficient (Wildman–Crippen LogP) is 3.40. The van der Waals surface area contributed by atoms with Gasteiger partial charge in [0.15, 0.2) is 0 Å². The van der Waals surface area contributed by atoms with Crippen LogP contribution in [0.1, 0.15) is 31.1 Å². The fourth-order valence-electron chi connectivity index (χ4n) is 1.91. The molecule has 1 aromatic carbocycles. The number of nitrogens with two attached hydrogens (primary N) is 1. The lowest BCUT2D eigenvalue weighted by Gasteiger charge is -2.07. The largest absolute Gasteiger partial charge is 0.357 e. The highest BCUT2D eigenvalue weighted by Crippen LogP contribution is 2.32. The molecule has 0 spiro atoms. The van der Waals surface area contributed by atoms with Crippen molar-refractivity contribution in [3.05, 3.63) is 34.5 Å². The molecule has 1 aromatic heterocycles. The van der Waals surface area contributed by atoms with E-state index >= 15 is 0 Å². The predicted molar refractivity (Wildman–Crippen MR) is 65.3 cm³/mol. The molecular weight excluding hydrogens is 208 g/mol. The Morgan fingerprint density at radius 1 is 1.47 bits per heavy atom. The second-order valence-corrected chi connectivity index (χ2v) is 4.21. The van der Waals surface area contributed by atoms with E-state index < -0.39 is 0 Å². The number of fused-ring (bicyclic) bond motifs is 1. The molecule has 0 amide bonds. The second-order valence-electron chi connectivity index (χ2n) is 3.83. The number of rotatable bonds is 2. The van der Waals surface area contributed by atoms with Crippen LogP contribution in [0.25, 0.3) is 10.9 Å². The van der Waals surface area contributed by atoms with Gasteiger partial charge in [-0.3, -0.25) is 0 Å². The van der Waals surface area contributed by atoms with Crippen LogP contribution in [0.15, 0.2) is 18.2 Å². The highest BCUT2D eigenvalue weighted by Gasteiger charge is 2.13. The van der Waals surface area contributed by atoms with E-state index in [1.54, 1.807) is 0 Å². The van der Waals surface area contributed by atoms with Crippen molar-refractivity contribution < 1.29 is 0 Å². The van der Waals surface area contributed by atoms with E-state index in [9.17, 15) is 0 Å². The van der Waals surface area contributed by atoms with Crippen molar-refractivity contribution in [2.75, 3.05) is 0 Å². The lowest BCUT2D eigenvalue weighted by molar-refractivity contribution is 0.827. The summed E-state index contributed by atoms with van der Waals surface area (Å²) in [5.74, 6) is 0. The number of halogens is 1. The third-order valence-corrected chi connectivity index (χ3v) is 3.13. The standard InChI is InChI=1S/C12H15ClN2/c1-3-9-12(13)11-8(7(2)14)5-4-6-10(11)15-9/h4-7,15H,3,14H2,1-2H3. The number of benzene rings is 1. The van der Waals surface area contributed by atoms with Crippen LogP contribution in [0, 0.1) is 0 Å². The van der Waals surface area contributed by atoms with Gasteiger partial charge in [-0.05, 0) is 25.0 Å². The van der Waals surface area contributed by atoms with Gasteiger partial charge in [-0.1, -0.05) is 30.7 Å². The number of nitrogens with one attached hydrogen (secondary N) is 1. The first-order chi connectivity index (χ1) is 7.15. The quantitative estimate of drug-likeness (QED) is 0.804. The van der Waals surface area contributed by atoms with Gasteiger partial charge in [0.25, 0.3) is 0 Å². The van der Waals surface area contributed by atoms with E-state index in [1.807, 2.05) is 25.1 Å². The monoisotopic (exact) mass is 222 g/mol. The molecule has 0 fully saturated rings. The van der Waals surface area contributed by atoms with Gasteiger partial charge in [0.2, 0.25) is 0 Å². The summed E-state index contributed by atoms with van der Waals surface area (Å²) in [4.78, 5) is 3.32. The molecule has 0 aliphatic rings. The van der Waals surface area contributed by atoms with Crippen molar-refractivity contribution in [3.8, 4) is 0 Å². The summed E-state index contributed by atoms with van der Waals surface area (Å²) in [6.45, 7) is 4.06. The fraction of sp³-hybridized carbons (Fsp3) is 0.333. The first-order valence-corrected chi connectivity index (χ1v) is 5.57. The molecule has 0 saturated carbocycles. The van der Waals surface area contributed by atoms with E-state index in [2.05, 4.69) is 11.9 Å². The molecule has 1 heterocycles. The minimum Gasteiger partial charge on any atom is -0.357 e. The van der Waals surface area contributed by atoms with Crippen molar-refractivity contribution in [2.24, 2.45) is 5.73 Å². The number of aromatic amines is 1. The molecule has 2 rings (SSSR count). The van der Waals surface area contributed by atoms with Crippen molar-refractivity contribution in [2.45, 2.75) is 26.3 Å². The van der Waals surface area contributed by atoms with Gasteiger partial charge in [-0.2, -0.15) is 0 Å². The zero-order valence-electron chi connectivity index (χ0n) is 8.97. The Bertz CT molecular complexity index is 486. The Labute approximate surface area is 94.4 Å². The summed E-state index contributed by atoms with van der Waals surface area (Å²) in [5, 5.41) is 1.89. The minimum absolute atomic E-state index is 0.00621. The number of hydrogen-bond acceptors (Lipinski definition) is 1. The van der Waals surface area contributed by atoms with E-state index in [4.69, 9.17) is 17.3 Å². The van der Waals surface area contributed by atoms with Crippen molar-refractivity contribution in [1.29, 1.82) is 0 Å². The highest BCUT2D eigenvalue weighted by atomic mass is 35.5. The average molecular weight is 223 g/mol. The number of aryl methyl sites for hydroxylation is 1. The lowest BCUT2D eigenvalue weighted by Crippen LogP contribution is -2.04. The van der Waals surface area contributed by atoms with Crippen LogP contribution in [0.4, 0.5) is 0 Å². The molecule has 0 bridgehead atoms. The van der Waals surface area contributed by atoms with E-state index in [0.717, 1.165) is 33.6 Å². The zero-order chi connectivity index (χ0) is 11.0. The summed E-state index contributed by atoms with van der Waals surface area (Å²) in [6, 6.07) is 6.08. The van der Waals surface area contributed by atoms with Crippen LogP contribution >= 0.6 is 11.6 Å². The normalized spacial score (nSPS) is 13.3. The summed E-state index contributed by atoms with van der Waals surface area (Å²) < 4.78 is 0. The zero-order valence-corrected chi connectivity index (χ0v) is 9.73. The molecule has 3 heteroatoms. The first-order valence-electron chi connectivity index (χ1n) is 5.19. The van der Waals surface area contributed by atoms with Crippen molar-refractivity contribution in [1.82, 2.24) is 4.98 Å². The van der Waals surface area contributed by atoms with Gasteiger partial charge in [0, 0.05) is 22.6 Å². The summed E-state index contributed by atoms with van der Waals surface area (Å²) in [5.41, 5.74) is 9.19. The third-order valence-electron chi connectivity index (χ3n) is 2.71. The topological polar surface area (TPSA) is 41.8 Å². The van der Waals surface area contributed by atoms with Crippen LogP contribution in [0.2, 0.25) is 5.02 Å². The van der Waals surface area contributed by atoms with Crippen molar-refractivity contribution >= 4 is 22.5 Å². The summed E-state index contributed by atoms with van der Waals surface area (Å²) >= 11 is 6.32. The van der Waals surface area contributed by atoms with E-state index in [1.165, 1.54) is 0 Å². The van der Waals surface area contributed by atoms with Crippen LogP contribution in [-0.2, 0) is 6.42 Å². The second kappa shape index (κ2) is 3.87. The highest BCUT2D eigenvalue weighted by molar-refractivity contribution is 6.36. The fourth-order valence-corrected chi connectivity index (χ4v) is 2.30. The molecule has 0 saturated heterocycles. The van der Waals surface area contributed by atoms with Gasteiger partial charge in [0.05, 0.1) is 5.02 Å². The first kappa shape index (κ1) is 10.5. The smallest absolute Gasteiger partial charge is 0.0695 e. The van der Waals surface area contributed by atoms with Crippen LogP contribution in [0.3, 0.4) is 0 Å². The maximum atomic E-state index is 6.32. The Hall–Kier alpha value is -0.990. The molecule has 3 N–H and O–H groups in total. The molecule has 2 aromatic rings. The van der Waals surface area contributed by atoms with Gasteiger partial charge < -0.3 is 10.7 Å². The van der Waals surface area contributed by atoms with Crippen LogP contribution < -0.4 is 5.73 Å². The van der Waals surface area contributed by atoms with Crippen LogP contribution in [0.5, 0.6) is 0 Å². The molecule has 0 aliphatic heterocycles. The summed E-state index contributed by atoms with van der Waals surface area (Å²) in [6.07, 6.45) is 0.909. The molecule has 0 aliphatic carbocycles. The molecule has 1 atom stereocenters. The molecule has 2 nitrogen and oxygen atoms in total. The Morgan fingerprint density at radius 2 is 2.20 bits per heavy atom. The maximum absolute atomic E-state index is 6.32. The van der Waals surface area contributed by atoms with Gasteiger partial charge in [-0.15, -0.1) is 0 Å². The van der Waals surface area contributed by atoms with E-state index in [0.29, 0.717) is 0 Å². The SMILES string of the molecule is CCc1[nH]c2cccc(C(C)N)c2c1Cl. The third kappa shape index (κ3) is 1.64. The van der Waals surface area contributed by atoms with Gasteiger partial charge in [0.1, 0.15) is 0 Å². The molecule has 80 valence electrons. The molecule has 0 radical (unpaired) electrons. The number of H-pyrrole nitrogens is 1. The van der Waals surface area contributed by atoms with Crippen LogP contribution in [-0.4, -0.2) is 4.98 Å². The molecular formula is C12H15ClN2. The average Bonchev–Trinajstić information content (AvgIpc) is 2.55. The van der Waals surface area contributed by atoms with Gasteiger partial charge >= 0.3 is 0 Å². The summed E-state index contributed by atoms with van der Waals surface area (Å²) in [7, 11) is 0.